The van der Waals surface area contributed by atoms with Crippen molar-refractivity contribution >= 4 is 37.9 Å². The number of hydrogen-bond acceptors (Lipinski definition) is 18. The summed E-state index contributed by atoms with van der Waals surface area (Å²) in [4.78, 5) is 27.2. The number of methoxy groups -OCH3 is 2. The summed E-state index contributed by atoms with van der Waals surface area (Å²) in [6, 6.07) is 27.0. The van der Waals surface area contributed by atoms with Crippen molar-refractivity contribution in [2.75, 3.05) is 78.6 Å². The number of sulfone groups is 1. The zero-order valence-corrected chi connectivity index (χ0v) is 40.8. The van der Waals surface area contributed by atoms with Gasteiger partial charge in [-0.05, 0) is 98.5 Å². The molecular formula is C51H54N10O10S. The van der Waals surface area contributed by atoms with E-state index in [0.717, 1.165) is 109 Å². The summed E-state index contributed by atoms with van der Waals surface area (Å²) >= 11 is 0. The highest BCUT2D eigenvalue weighted by molar-refractivity contribution is 7.90. The van der Waals surface area contributed by atoms with Crippen LogP contribution in [0.1, 0.15) is 25.7 Å². The summed E-state index contributed by atoms with van der Waals surface area (Å²) in [5, 5.41) is 3.20. The van der Waals surface area contributed by atoms with Gasteiger partial charge in [0.2, 0.25) is 20.9 Å². The molecule has 374 valence electrons. The molecular weight excluding hydrogens is 945 g/mol. The maximum Gasteiger partial charge on any atom is 0.248 e. The van der Waals surface area contributed by atoms with E-state index < -0.39 is 9.84 Å². The summed E-state index contributed by atoms with van der Waals surface area (Å²) in [6.07, 6.45) is 8.22. The van der Waals surface area contributed by atoms with E-state index in [1.807, 2.05) is 83.4 Å². The predicted octanol–water partition coefficient (Wildman–Crippen LogP) is 6.64. The first-order valence-corrected chi connectivity index (χ1v) is 25.5. The molecule has 2 saturated heterocycles. The van der Waals surface area contributed by atoms with E-state index in [0.29, 0.717) is 84.6 Å². The topological polar surface area (TPSA) is 233 Å². The van der Waals surface area contributed by atoms with Crippen molar-refractivity contribution in [3.05, 3.63) is 97.3 Å². The van der Waals surface area contributed by atoms with E-state index in [4.69, 9.17) is 58.6 Å². The van der Waals surface area contributed by atoms with Crippen LogP contribution in [-0.4, -0.2) is 133 Å². The first-order chi connectivity index (χ1) is 35.1. The lowest BCUT2D eigenvalue weighted by atomic mass is 10.1. The van der Waals surface area contributed by atoms with Gasteiger partial charge in [-0.25, -0.2) is 33.3 Å². The Morgan fingerprint density at radius 3 is 1.54 bits per heavy atom. The fraction of sp³-hybridized carbons (Fsp3) is 0.333. The van der Waals surface area contributed by atoms with Gasteiger partial charge >= 0.3 is 0 Å². The standard InChI is InChI=1S/C25H25N5O4.C21H18N4O5S.C5H11NO/c1-31-18-3-4-20-19(15-18)28-24(16-2-5-21-22(14-16)34-13-12-33-21)30(20)23-6-9-26-25(29-23)27-17-7-10-32-11-8-17;1-28-14-4-5-16-15(12-14)23-20(13-3-6-17-18(11-13)30-10-9-29-17)25(16)19-7-8-22-21(24-19)31(2,26)27;6-5-1-3-7-4-2-5/h2-6,9,14-15,17H,7-8,10-13H2,1H3,(H,26,27,29);3-8,11-12H,9-10H2,1-2H3;5H,1-4,6H2. The summed E-state index contributed by atoms with van der Waals surface area (Å²) in [7, 11) is -0.345. The minimum absolute atomic E-state index is 0.256. The number of aromatic nitrogens is 8. The van der Waals surface area contributed by atoms with Crippen LogP contribution in [0, 0.1) is 0 Å². The van der Waals surface area contributed by atoms with E-state index in [-0.39, 0.29) is 5.16 Å². The second kappa shape index (κ2) is 21.4. The van der Waals surface area contributed by atoms with Crippen LogP contribution in [0.15, 0.2) is 102 Å². The third-order valence-corrected chi connectivity index (χ3v) is 13.1. The fourth-order valence-electron chi connectivity index (χ4n) is 8.51. The average molecular weight is 999 g/mol. The Hall–Kier alpha value is -7.59. The molecule has 4 aromatic heterocycles. The van der Waals surface area contributed by atoms with Crippen molar-refractivity contribution in [2.24, 2.45) is 5.73 Å². The Bertz CT molecular complexity index is 3320. The number of ether oxygens (including phenoxy) is 8. The minimum Gasteiger partial charge on any atom is -0.497 e. The summed E-state index contributed by atoms with van der Waals surface area (Å²) in [6.45, 7) is 5.26. The van der Waals surface area contributed by atoms with Gasteiger partial charge in [-0.1, -0.05) is 0 Å². The predicted molar refractivity (Wildman–Crippen MR) is 268 cm³/mol. The molecule has 0 amide bonds. The Kier molecular flexibility index (Phi) is 14.3. The lowest BCUT2D eigenvalue weighted by Crippen LogP contribution is -2.28. The molecule has 0 saturated carbocycles. The minimum atomic E-state index is -3.58. The highest BCUT2D eigenvalue weighted by Gasteiger charge is 2.23. The molecule has 4 aliphatic rings. The molecule has 0 bridgehead atoms. The Morgan fingerprint density at radius 2 is 1.06 bits per heavy atom. The molecule has 8 aromatic rings. The molecule has 4 aromatic carbocycles. The number of anilines is 1. The van der Waals surface area contributed by atoms with Crippen LogP contribution < -0.4 is 39.5 Å². The number of nitrogens with zero attached hydrogens (tertiary/aromatic N) is 8. The number of nitrogens with two attached hydrogens (primary N) is 1. The van der Waals surface area contributed by atoms with Crippen molar-refractivity contribution in [3.63, 3.8) is 0 Å². The number of hydrogen-bond donors (Lipinski definition) is 2. The van der Waals surface area contributed by atoms with Crippen molar-refractivity contribution in [2.45, 2.75) is 42.9 Å². The number of benzene rings is 4. The van der Waals surface area contributed by atoms with Gasteiger partial charge in [0, 0.05) is 80.4 Å². The van der Waals surface area contributed by atoms with Crippen LogP contribution >= 0.6 is 0 Å². The molecule has 0 radical (unpaired) electrons. The van der Waals surface area contributed by atoms with Gasteiger partial charge in [-0.2, -0.15) is 4.98 Å². The molecule has 3 N–H and O–H groups in total. The highest BCUT2D eigenvalue weighted by atomic mass is 32.2. The van der Waals surface area contributed by atoms with E-state index >= 15 is 0 Å². The number of fused-ring (bicyclic) bond motifs is 4. The second-order valence-corrected chi connectivity index (χ2v) is 19.1. The van der Waals surface area contributed by atoms with Crippen LogP contribution in [0.3, 0.4) is 0 Å². The SMILES string of the molecule is COc1ccc2c(c1)nc(-c1ccc3c(c1)OCCO3)n2-c1ccnc(NC2CCOCC2)n1.COc1ccc2c(c1)nc(-c1ccc3c(c1)OCCO3)n2-c1ccnc(S(C)(=O)=O)n1.NC1CCOCC1. The maximum atomic E-state index is 12.0. The first kappa shape index (κ1) is 48.1. The summed E-state index contributed by atoms with van der Waals surface area (Å²) in [5.74, 6) is 7.16. The van der Waals surface area contributed by atoms with Crippen LogP contribution in [-0.2, 0) is 19.3 Å². The normalized spacial score (nSPS) is 15.7. The molecule has 8 heterocycles. The van der Waals surface area contributed by atoms with E-state index in [2.05, 4.69) is 20.3 Å². The third kappa shape index (κ3) is 10.7. The van der Waals surface area contributed by atoms with Gasteiger partial charge in [0.15, 0.2) is 23.0 Å². The van der Waals surface area contributed by atoms with E-state index in [1.165, 1.54) is 6.20 Å². The average Bonchev–Trinajstić information content (AvgIpc) is 4.00. The summed E-state index contributed by atoms with van der Waals surface area (Å²) < 4.78 is 72.0. The Morgan fingerprint density at radius 1 is 0.569 bits per heavy atom. The van der Waals surface area contributed by atoms with Gasteiger partial charge < -0.3 is 48.9 Å². The Labute approximate surface area is 415 Å². The molecule has 0 aliphatic carbocycles. The number of nitrogens with one attached hydrogen (secondary N) is 1. The molecule has 20 nitrogen and oxygen atoms in total. The Balaban J connectivity index is 0.000000146. The van der Waals surface area contributed by atoms with Gasteiger partial charge in [0.25, 0.3) is 0 Å². The third-order valence-electron chi connectivity index (χ3n) is 12.2. The zero-order chi connectivity index (χ0) is 49.6. The molecule has 4 aliphatic heterocycles. The smallest absolute Gasteiger partial charge is 0.248 e. The van der Waals surface area contributed by atoms with E-state index in [1.54, 1.807) is 31.0 Å². The van der Waals surface area contributed by atoms with Crippen LogP contribution in [0.2, 0.25) is 0 Å². The molecule has 0 unspecified atom stereocenters. The maximum absolute atomic E-state index is 12.0. The van der Waals surface area contributed by atoms with E-state index in [9.17, 15) is 8.42 Å². The lowest BCUT2D eigenvalue weighted by molar-refractivity contribution is 0.0866. The lowest BCUT2D eigenvalue weighted by Gasteiger charge is -2.23. The van der Waals surface area contributed by atoms with Crippen molar-refractivity contribution in [1.82, 2.24) is 39.0 Å². The largest absolute Gasteiger partial charge is 0.497 e. The molecule has 0 spiro atoms. The van der Waals surface area contributed by atoms with Crippen molar-refractivity contribution < 1.29 is 46.3 Å². The number of imidazole rings is 2. The van der Waals surface area contributed by atoms with Crippen LogP contribution in [0.25, 0.3) is 56.5 Å². The van der Waals surface area contributed by atoms with Crippen molar-refractivity contribution in [3.8, 4) is 68.9 Å². The van der Waals surface area contributed by atoms with Gasteiger partial charge in [0.05, 0.1) is 36.3 Å². The molecule has 72 heavy (non-hydrogen) atoms. The molecule has 2 fully saturated rings. The van der Waals surface area contributed by atoms with Crippen LogP contribution in [0.4, 0.5) is 5.95 Å². The summed E-state index contributed by atoms with van der Waals surface area (Å²) in [5.41, 5.74) is 10.4. The van der Waals surface area contributed by atoms with Crippen LogP contribution in [0.5, 0.6) is 34.5 Å². The monoisotopic (exact) mass is 998 g/mol. The van der Waals surface area contributed by atoms with Gasteiger partial charge in [-0.15, -0.1) is 0 Å². The van der Waals surface area contributed by atoms with Gasteiger partial charge in [-0.3, -0.25) is 9.13 Å². The molecule has 12 rings (SSSR count). The van der Waals surface area contributed by atoms with Gasteiger partial charge in [0.1, 0.15) is 61.2 Å². The first-order valence-electron chi connectivity index (χ1n) is 23.6. The number of rotatable bonds is 9. The zero-order valence-electron chi connectivity index (χ0n) is 40.0. The molecule has 0 atom stereocenters. The molecule has 21 heteroatoms. The second-order valence-electron chi connectivity index (χ2n) is 17.2. The quantitative estimate of drug-likeness (QED) is 0.144. The van der Waals surface area contributed by atoms with Crippen molar-refractivity contribution in [1.29, 1.82) is 0 Å². The highest BCUT2D eigenvalue weighted by Crippen LogP contribution is 2.39. The fourth-order valence-corrected chi connectivity index (χ4v) is 9.02.